The van der Waals surface area contributed by atoms with Crippen LogP contribution in [0, 0.1) is 0 Å². The van der Waals surface area contributed by atoms with Gasteiger partial charge < -0.3 is 14.2 Å². The van der Waals surface area contributed by atoms with E-state index in [1.165, 1.54) is 31.4 Å². The predicted molar refractivity (Wildman–Crippen MR) is 112 cm³/mol. The van der Waals surface area contributed by atoms with Gasteiger partial charge in [0.25, 0.3) is 10.0 Å². The first-order valence-corrected chi connectivity index (χ1v) is 10.5. The second-order valence-corrected chi connectivity index (χ2v) is 7.97. The first-order chi connectivity index (χ1) is 14.4. The van der Waals surface area contributed by atoms with Gasteiger partial charge in [-0.1, -0.05) is 18.2 Å². The van der Waals surface area contributed by atoms with E-state index in [4.69, 9.17) is 14.2 Å². The van der Waals surface area contributed by atoms with Crippen LogP contribution in [0.15, 0.2) is 77.7 Å². The lowest BCUT2D eigenvalue weighted by atomic mass is 10.2. The summed E-state index contributed by atoms with van der Waals surface area (Å²) in [6.45, 7) is 0.0594. The summed E-state index contributed by atoms with van der Waals surface area (Å²) in [6, 6.07) is 19.2. The number of hydrogen-bond acceptors (Lipinski definition) is 6. The van der Waals surface area contributed by atoms with Gasteiger partial charge in [0.05, 0.1) is 24.7 Å². The van der Waals surface area contributed by atoms with Crippen LogP contribution in [0.1, 0.15) is 15.9 Å². The highest BCUT2D eigenvalue weighted by Crippen LogP contribution is 2.20. The van der Waals surface area contributed by atoms with Crippen molar-refractivity contribution in [3.8, 4) is 11.5 Å². The fourth-order valence-corrected chi connectivity index (χ4v) is 3.72. The molecule has 0 bridgehead atoms. The lowest BCUT2D eigenvalue weighted by Crippen LogP contribution is -2.14. The maximum absolute atomic E-state index is 12.7. The maximum atomic E-state index is 12.7. The zero-order chi connectivity index (χ0) is 21.6. The Balaban J connectivity index is 1.69. The van der Waals surface area contributed by atoms with Crippen molar-refractivity contribution in [3.05, 3.63) is 83.9 Å². The van der Waals surface area contributed by atoms with Crippen LogP contribution in [0.2, 0.25) is 0 Å². The molecule has 0 saturated carbocycles. The van der Waals surface area contributed by atoms with Gasteiger partial charge >= 0.3 is 5.97 Å². The molecular formula is C22H21NO6S. The minimum absolute atomic E-state index is 0.0442. The van der Waals surface area contributed by atoms with Gasteiger partial charge in [-0.15, -0.1) is 0 Å². The Hall–Kier alpha value is -3.52. The molecule has 0 unspecified atom stereocenters. The number of ether oxygens (including phenoxy) is 3. The molecule has 0 heterocycles. The fourth-order valence-electron chi connectivity index (χ4n) is 2.62. The van der Waals surface area contributed by atoms with Crippen LogP contribution in [0.3, 0.4) is 0 Å². The zero-order valence-electron chi connectivity index (χ0n) is 16.5. The molecule has 0 atom stereocenters. The molecular weight excluding hydrogens is 406 g/mol. The van der Waals surface area contributed by atoms with Crippen molar-refractivity contribution in [3.63, 3.8) is 0 Å². The van der Waals surface area contributed by atoms with Gasteiger partial charge in [-0.25, -0.2) is 13.2 Å². The topological polar surface area (TPSA) is 90.9 Å². The predicted octanol–water partition coefficient (Wildman–Crippen LogP) is 3.86. The van der Waals surface area contributed by atoms with Crippen LogP contribution in [-0.2, 0) is 21.4 Å². The molecule has 0 amide bonds. The Morgan fingerprint density at radius 2 is 1.47 bits per heavy atom. The molecule has 0 aliphatic carbocycles. The summed E-state index contributed by atoms with van der Waals surface area (Å²) in [4.78, 5) is 12.3. The number of methoxy groups -OCH3 is 2. The van der Waals surface area contributed by atoms with Gasteiger partial charge in [0, 0.05) is 5.69 Å². The van der Waals surface area contributed by atoms with Crippen molar-refractivity contribution in [2.45, 2.75) is 11.5 Å². The van der Waals surface area contributed by atoms with Crippen LogP contribution in [0.5, 0.6) is 11.5 Å². The fraction of sp³-hybridized carbons (Fsp3) is 0.136. The minimum Gasteiger partial charge on any atom is -0.497 e. The highest BCUT2D eigenvalue weighted by Gasteiger charge is 2.17. The van der Waals surface area contributed by atoms with Gasteiger partial charge in [0.15, 0.2) is 0 Å². The molecule has 8 heteroatoms. The molecule has 0 aliphatic heterocycles. The Bertz CT molecular complexity index is 1110. The van der Waals surface area contributed by atoms with Gasteiger partial charge in [-0.05, 0) is 60.2 Å². The Morgan fingerprint density at radius 3 is 2.07 bits per heavy atom. The third kappa shape index (κ3) is 5.30. The van der Waals surface area contributed by atoms with Gasteiger partial charge in [-0.2, -0.15) is 0 Å². The zero-order valence-corrected chi connectivity index (χ0v) is 17.3. The highest BCUT2D eigenvalue weighted by atomic mass is 32.2. The van der Waals surface area contributed by atoms with Gasteiger partial charge in [-0.3, -0.25) is 4.72 Å². The van der Waals surface area contributed by atoms with Gasteiger partial charge in [0.2, 0.25) is 0 Å². The number of hydrogen-bond donors (Lipinski definition) is 1. The number of benzene rings is 3. The van der Waals surface area contributed by atoms with E-state index in [0.29, 0.717) is 17.2 Å². The third-order valence-corrected chi connectivity index (χ3v) is 5.63. The number of sulfonamides is 1. The van der Waals surface area contributed by atoms with Crippen molar-refractivity contribution in [1.29, 1.82) is 0 Å². The molecule has 7 nitrogen and oxygen atoms in total. The first-order valence-electron chi connectivity index (χ1n) is 8.98. The SMILES string of the molecule is COc1ccc(COC(=O)c2cccc(S(=O)(=O)Nc3ccc(OC)cc3)c2)cc1. The molecule has 0 radical (unpaired) electrons. The first kappa shape index (κ1) is 21.2. The second-order valence-electron chi connectivity index (χ2n) is 6.29. The average Bonchev–Trinajstić information content (AvgIpc) is 2.78. The van der Waals surface area contributed by atoms with Crippen molar-refractivity contribution in [2.24, 2.45) is 0 Å². The van der Waals surface area contributed by atoms with Crippen LogP contribution in [-0.4, -0.2) is 28.6 Å². The van der Waals surface area contributed by atoms with Crippen LogP contribution in [0.4, 0.5) is 5.69 Å². The molecule has 0 fully saturated rings. The lowest BCUT2D eigenvalue weighted by molar-refractivity contribution is 0.0472. The monoisotopic (exact) mass is 427 g/mol. The van der Waals surface area contributed by atoms with Crippen LogP contribution < -0.4 is 14.2 Å². The van der Waals surface area contributed by atoms with E-state index in [1.54, 1.807) is 55.6 Å². The van der Waals surface area contributed by atoms with Crippen LogP contribution >= 0.6 is 0 Å². The molecule has 156 valence electrons. The maximum Gasteiger partial charge on any atom is 0.338 e. The Kier molecular flexibility index (Phi) is 6.58. The van der Waals surface area contributed by atoms with E-state index in [-0.39, 0.29) is 17.1 Å². The van der Waals surface area contributed by atoms with Crippen molar-refractivity contribution >= 4 is 21.7 Å². The number of carbonyl (C=O) groups excluding carboxylic acids is 1. The minimum atomic E-state index is -3.88. The van der Waals surface area contributed by atoms with E-state index in [2.05, 4.69) is 4.72 Å². The van der Waals surface area contributed by atoms with Crippen LogP contribution in [0.25, 0.3) is 0 Å². The van der Waals surface area contributed by atoms with Gasteiger partial charge in [0.1, 0.15) is 18.1 Å². The molecule has 30 heavy (non-hydrogen) atoms. The third-order valence-electron chi connectivity index (χ3n) is 4.25. The quantitative estimate of drug-likeness (QED) is 0.549. The van der Waals surface area contributed by atoms with E-state index >= 15 is 0 Å². The van der Waals surface area contributed by atoms with E-state index in [9.17, 15) is 13.2 Å². The second kappa shape index (κ2) is 9.32. The summed E-state index contributed by atoms with van der Waals surface area (Å²) < 4.78 is 43.2. The molecule has 3 aromatic rings. The number of esters is 1. The summed E-state index contributed by atoms with van der Waals surface area (Å²) in [5.74, 6) is 0.694. The Labute approximate surface area is 175 Å². The number of rotatable bonds is 8. The lowest BCUT2D eigenvalue weighted by Gasteiger charge is -2.10. The molecule has 3 aromatic carbocycles. The summed E-state index contributed by atoms with van der Waals surface area (Å²) in [7, 11) is -0.781. The summed E-state index contributed by atoms with van der Waals surface area (Å²) >= 11 is 0. The average molecular weight is 427 g/mol. The highest BCUT2D eigenvalue weighted by molar-refractivity contribution is 7.92. The van der Waals surface area contributed by atoms with Crippen molar-refractivity contribution in [2.75, 3.05) is 18.9 Å². The largest absolute Gasteiger partial charge is 0.497 e. The molecule has 0 aliphatic rings. The van der Waals surface area contributed by atoms with E-state index in [1.807, 2.05) is 0 Å². The smallest absolute Gasteiger partial charge is 0.338 e. The number of nitrogens with one attached hydrogen (secondary N) is 1. The summed E-state index contributed by atoms with van der Waals surface area (Å²) in [5.41, 5.74) is 1.30. The Morgan fingerprint density at radius 1 is 0.867 bits per heavy atom. The van der Waals surface area contributed by atoms with E-state index < -0.39 is 16.0 Å². The molecule has 1 N–H and O–H groups in total. The van der Waals surface area contributed by atoms with E-state index in [0.717, 1.165) is 5.56 Å². The number of anilines is 1. The normalized spacial score (nSPS) is 10.9. The van der Waals surface area contributed by atoms with Crippen molar-refractivity contribution in [1.82, 2.24) is 0 Å². The molecule has 0 spiro atoms. The molecule has 0 aromatic heterocycles. The standard InChI is InChI=1S/C22H21NO6S/c1-27-19-10-6-16(7-11-19)15-29-22(24)17-4-3-5-21(14-17)30(25,26)23-18-8-12-20(28-2)13-9-18/h3-14,23H,15H2,1-2H3. The number of carbonyl (C=O) groups is 1. The molecule has 3 rings (SSSR count). The summed E-state index contributed by atoms with van der Waals surface area (Å²) in [6.07, 6.45) is 0. The van der Waals surface area contributed by atoms with Crippen molar-refractivity contribution < 1.29 is 27.4 Å². The molecule has 0 saturated heterocycles. The summed E-state index contributed by atoms with van der Waals surface area (Å²) in [5, 5.41) is 0.